The molecular weight excluding hydrogens is 307 g/mol. The molecule has 0 saturated carbocycles. The Morgan fingerprint density at radius 2 is 1.83 bits per heavy atom. The molecule has 1 unspecified atom stereocenters. The first kappa shape index (κ1) is 18.9. The minimum absolute atomic E-state index is 0.279. The molecule has 0 radical (unpaired) electrons. The monoisotopic (exact) mass is 334 g/mol. The van der Waals surface area contributed by atoms with Crippen molar-refractivity contribution in [3.05, 3.63) is 35.4 Å². The van der Waals surface area contributed by atoms with Crippen LogP contribution in [0.15, 0.2) is 24.3 Å². The fourth-order valence-corrected chi connectivity index (χ4v) is 3.36. The van der Waals surface area contributed by atoms with Gasteiger partial charge in [0.1, 0.15) is 5.54 Å². The molecule has 0 spiro atoms. The van der Waals surface area contributed by atoms with Crippen LogP contribution in [0.5, 0.6) is 0 Å². The van der Waals surface area contributed by atoms with E-state index in [4.69, 9.17) is 10.0 Å². The molecule has 0 aliphatic carbocycles. The fourth-order valence-electron chi connectivity index (χ4n) is 3.36. The number of unbranched alkanes of at least 4 members (excludes halogenated alkanes) is 1. The molecule has 6 nitrogen and oxygen atoms in total. The summed E-state index contributed by atoms with van der Waals surface area (Å²) in [6, 6.07) is 8.32. The van der Waals surface area contributed by atoms with Crippen LogP contribution in [0.1, 0.15) is 36.8 Å². The van der Waals surface area contributed by atoms with Crippen molar-refractivity contribution >= 4 is 13.1 Å². The summed E-state index contributed by atoms with van der Waals surface area (Å²) in [4.78, 5) is 14.1. The summed E-state index contributed by atoms with van der Waals surface area (Å²) in [5, 5.41) is 30.5. The summed E-state index contributed by atoms with van der Waals surface area (Å²) in [5.41, 5.74) is 1.68. The molecule has 4 N–H and O–H groups in total. The summed E-state index contributed by atoms with van der Waals surface area (Å²) in [5.74, 6) is -0.841. The number of aliphatic carboxylic acids is 1. The topological polar surface area (TPSA) is 93.0 Å². The first-order valence-corrected chi connectivity index (χ1v) is 8.54. The average Bonchev–Trinajstić information content (AvgIpc) is 2.97. The second-order valence-corrected chi connectivity index (χ2v) is 6.59. The van der Waals surface area contributed by atoms with Crippen molar-refractivity contribution in [3.8, 4) is 0 Å². The SMILES string of the molecule is CNC(CCCCB(O)O)(CCN1Cc2ccccc2C1)C(=O)O. The van der Waals surface area contributed by atoms with Crippen molar-refractivity contribution in [1.29, 1.82) is 0 Å². The summed E-state index contributed by atoms with van der Waals surface area (Å²) >= 11 is 0. The van der Waals surface area contributed by atoms with Crippen molar-refractivity contribution in [2.75, 3.05) is 13.6 Å². The molecular formula is C17H27BN2O4. The Labute approximate surface area is 143 Å². The highest BCUT2D eigenvalue weighted by molar-refractivity contribution is 6.40. The molecule has 0 aromatic heterocycles. The first-order chi connectivity index (χ1) is 11.5. The Kier molecular flexibility index (Phi) is 6.80. The third-order valence-electron chi connectivity index (χ3n) is 4.96. The third-order valence-corrected chi connectivity index (χ3v) is 4.96. The number of fused-ring (bicyclic) bond motifs is 1. The maximum Gasteiger partial charge on any atom is 0.451 e. The van der Waals surface area contributed by atoms with Crippen molar-refractivity contribution in [3.63, 3.8) is 0 Å². The minimum Gasteiger partial charge on any atom is -0.480 e. The molecule has 132 valence electrons. The zero-order valence-corrected chi connectivity index (χ0v) is 14.2. The van der Waals surface area contributed by atoms with Gasteiger partial charge in [0.05, 0.1) is 0 Å². The smallest absolute Gasteiger partial charge is 0.451 e. The van der Waals surface area contributed by atoms with Crippen LogP contribution in [0.2, 0.25) is 6.32 Å². The van der Waals surface area contributed by atoms with E-state index in [9.17, 15) is 9.90 Å². The van der Waals surface area contributed by atoms with Crippen molar-refractivity contribution in [2.45, 2.75) is 50.6 Å². The predicted octanol–water partition coefficient (Wildman–Crippen LogP) is 1.08. The number of hydrogen-bond acceptors (Lipinski definition) is 5. The number of likely N-dealkylation sites (N-methyl/N-ethyl adjacent to an activating group) is 1. The van der Waals surface area contributed by atoms with Gasteiger partial charge in [-0.3, -0.25) is 9.69 Å². The minimum atomic E-state index is -1.32. The normalized spacial score (nSPS) is 16.6. The van der Waals surface area contributed by atoms with Crippen molar-refractivity contribution in [1.82, 2.24) is 10.2 Å². The summed E-state index contributed by atoms with van der Waals surface area (Å²) in [6.45, 7) is 2.45. The van der Waals surface area contributed by atoms with Crippen molar-refractivity contribution < 1.29 is 19.9 Å². The Morgan fingerprint density at radius 1 is 1.21 bits per heavy atom. The Hall–Kier alpha value is -1.41. The molecule has 0 bridgehead atoms. The quantitative estimate of drug-likeness (QED) is 0.378. The van der Waals surface area contributed by atoms with E-state index in [1.807, 2.05) is 12.1 Å². The van der Waals surface area contributed by atoms with Gasteiger partial charge in [0.25, 0.3) is 0 Å². The lowest BCUT2D eigenvalue weighted by atomic mass is 9.81. The zero-order valence-electron chi connectivity index (χ0n) is 14.2. The van der Waals surface area contributed by atoms with E-state index < -0.39 is 18.6 Å². The van der Waals surface area contributed by atoms with Gasteiger partial charge in [-0.1, -0.05) is 37.1 Å². The van der Waals surface area contributed by atoms with Crippen LogP contribution in [0.25, 0.3) is 0 Å². The van der Waals surface area contributed by atoms with Gasteiger partial charge in [-0.2, -0.15) is 0 Å². The molecule has 0 amide bonds. The molecule has 1 aromatic rings. The number of carboxylic acids is 1. The van der Waals surface area contributed by atoms with E-state index in [-0.39, 0.29) is 6.32 Å². The number of carbonyl (C=O) groups is 1. The van der Waals surface area contributed by atoms with Crippen molar-refractivity contribution in [2.24, 2.45) is 0 Å². The third kappa shape index (κ3) is 4.80. The van der Waals surface area contributed by atoms with E-state index in [1.54, 1.807) is 7.05 Å². The van der Waals surface area contributed by atoms with Gasteiger partial charge in [-0.15, -0.1) is 0 Å². The summed E-state index contributed by atoms with van der Waals surface area (Å²) < 4.78 is 0. The molecule has 1 heterocycles. The number of carboxylic acid groups (broad SMARTS) is 1. The molecule has 0 saturated heterocycles. The molecule has 1 atom stereocenters. The second kappa shape index (κ2) is 8.62. The molecule has 0 fully saturated rings. The lowest BCUT2D eigenvalue weighted by molar-refractivity contribution is -0.145. The highest BCUT2D eigenvalue weighted by Crippen LogP contribution is 2.25. The maximum absolute atomic E-state index is 11.8. The van der Waals surface area contributed by atoms with E-state index in [1.165, 1.54) is 11.1 Å². The lowest BCUT2D eigenvalue weighted by Crippen LogP contribution is -2.52. The van der Waals surface area contributed by atoms with Crippen LogP contribution in [0, 0.1) is 0 Å². The molecule has 1 aliphatic rings. The van der Waals surface area contributed by atoms with Gasteiger partial charge in [-0.25, -0.2) is 0 Å². The lowest BCUT2D eigenvalue weighted by Gasteiger charge is -2.31. The maximum atomic E-state index is 11.8. The van der Waals surface area contributed by atoms with E-state index >= 15 is 0 Å². The van der Waals surface area contributed by atoms with Gasteiger partial charge in [-0.05, 0) is 37.3 Å². The largest absolute Gasteiger partial charge is 0.480 e. The highest BCUT2D eigenvalue weighted by Gasteiger charge is 2.37. The number of nitrogens with one attached hydrogen (secondary N) is 1. The number of benzene rings is 1. The number of hydrogen-bond donors (Lipinski definition) is 4. The summed E-state index contributed by atoms with van der Waals surface area (Å²) in [7, 11) is 0.371. The van der Waals surface area contributed by atoms with Gasteiger partial charge in [0.15, 0.2) is 0 Å². The molecule has 1 aromatic carbocycles. The Morgan fingerprint density at radius 3 is 2.33 bits per heavy atom. The zero-order chi connectivity index (χ0) is 17.6. The van der Waals surface area contributed by atoms with Gasteiger partial charge < -0.3 is 20.5 Å². The van der Waals surface area contributed by atoms with Crippen LogP contribution in [0.3, 0.4) is 0 Å². The van der Waals surface area contributed by atoms with Gasteiger partial charge in [0, 0.05) is 19.6 Å². The van der Waals surface area contributed by atoms with E-state index in [2.05, 4.69) is 22.3 Å². The number of rotatable bonds is 10. The van der Waals surface area contributed by atoms with Crippen LogP contribution in [0.4, 0.5) is 0 Å². The second-order valence-electron chi connectivity index (χ2n) is 6.59. The average molecular weight is 334 g/mol. The predicted molar refractivity (Wildman–Crippen MR) is 93.4 cm³/mol. The van der Waals surface area contributed by atoms with Crippen LogP contribution >= 0.6 is 0 Å². The van der Waals surface area contributed by atoms with E-state index in [0.29, 0.717) is 32.2 Å². The fraction of sp³-hybridized carbons (Fsp3) is 0.588. The van der Waals surface area contributed by atoms with Gasteiger partial charge >= 0.3 is 13.1 Å². The summed E-state index contributed by atoms with van der Waals surface area (Å²) in [6.07, 6.45) is 2.52. The molecule has 24 heavy (non-hydrogen) atoms. The van der Waals surface area contributed by atoms with E-state index in [0.717, 1.165) is 13.1 Å². The molecule has 7 heteroatoms. The number of nitrogens with zero attached hydrogens (tertiary/aromatic N) is 1. The standard InChI is InChI=1S/C17H27BN2O4/c1-19-17(16(21)22,8-4-5-10-18(23)24)9-11-20-12-14-6-2-3-7-15(14)13-20/h2-3,6-7,19,23-24H,4-5,8-13H2,1H3,(H,21,22). The van der Waals surface area contributed by atoms with Crippen LogP contribution in [-0.4, -0.2) is 52.3 Å². The van der Waals surface area contributed by atoms with Gasteiger partial charge in [0.2, 0.25) is 0 Å². The van der Waals surface area contributed by atoms with Crippen LogP contribution in [-0.2, 0) is 17.9 Å². The Balaban J connectivity index is 1.88. The highest BCUT2D eigenvalue weighted by atomic mass is 16.4. The first-order valence-electron chi connectivity index (χ1n) is 8.54. The molecule has 1 aliphatic heterocycles. The Bertz CT molecular complexity index is 530. The molecule has 2 rings (SSSR count). The van der Waals surface area contributed by atoms with Crippen LogP contribution < -0.4 is 5.32 Å².